The van der Waals surface area contributed by atoms with Crippen LogP contribution in [0.25, 0.3) is 16.2 Å². The maximum absolute atomic E-state index is 12.1. The number of methoxy groups -OCH3 is 1. The number of anilines is 1. The topological polar surface area (TPSA) is 64.9 Å². The Labute approximate surface area is 160 Å². The maximum atomic E-state index is 12.1. The molecule has 0 aliphatic heterocycles. The van der Waals surface area contributed by atoms with Crippen LogP contribution >= 0.6 is 11.3 Å². The van der Waals surface area contributed by atoms with E-state index < -0.39 is 0 Å². The number of nitrogens with one attached hydrogen (secondary N) is 1. The molecule has 0 saturated carbocycles. The molecule has 0 saturated heterocycles. The van der Waals surface area contributed by atoms with Gasteiger partial charge < -0.3 is 14.8 Å². The lowest BCUT2D eigenvalue weighted by Crippen LogP contribution is -2.20. The highest BCUT2D eigenvalue weighted by atomic mass is 32.1. The molecule has 27 heavy (non-hydrogen) atoms. The number of benzene rings is 2. The third-order valence-electron chi connectivity index (χ3n) is 3.97. The summed E-state index contributed by atoms with van der Waals surface area (Å²) in [5.74, 6) is 1.04. The highest BCUT2D eigenvalue weighted by Gasteiger charge is 2.07. The highest BCUT2D eigenvalue weighted by Crippen LogP contribution is 2.23. The predicted octanol–water partition coefficient (Wildman–Crippen LogP) is 4.09. The quantitative estimate of drug-likeness (QED) is 0.548. The van der Waals surface area contributed by atoms with Crippen LogP contribution in [0, 0.1) is 0 Å². The number of amides is 1. The first-order valence-corrected chi connectivity index (χ1v) is 9.18. The molecule has 0 atom stereocenters. The number of imidazole rings is 1. The number of carbonyl (C=O) groups excluding carboxylic acids is 1. The molecule has 0 spiro atoms. The summed E-state index contributed by atoms with van der Waals surface area (Å²) in [5, 5.41) is 4.82. The first-order chi connectivity index (χ1) is 13.2. The van der Waals surface area contributed by atoms with Crippen LogP contribution in [0.2, 0.25) is 0 Å². The molecular formula is C20H17N3O3S. The Morgan fingerprint density at radius 3 is 2.78 bits per heavy atom. The SMILES string of the molecule is COc1cccc(OCC(=O)Nc2ccc(-c3cn4ccsc4n3)cc2)c1. The smallest absolute Gasteiger partial charge is 0.262 e. The van der Waals surface area contributed by atoms with Crippen molar-refractivity contribution in [2.24, 2.45) is 0 Å². The number of aromatic nitrogens is 2. The fourth-order valence-corrected chi connectivity index (χ4v) is 3.33. The summed E-state index contributed by atoms with van der Waals surface area (Å²) in [5.41, 5.74) is 2.61. The van der Waals surface area contributed by atoms with E-state index in [1.54, 1.807) is 30.6 Å². The third-order valence-corrected chi connectivity index (χ3v) is 4.74. The maximum Gasteiger partial charge on any atom is 0.262 e. The summed E-state index contributed by atoms with van der Waals surface area (Å²) in [6.07, 6.45) is 3.97. The van der Waals surface area contributed by atoms with Gasteiger partial charge in [-0.3, -0.25) is 9.20 Å². The molecule has 2 heterocycles. The van der Waals surface area contributed by atoms with Crippen LogP contribution in [0.15, 0.2) is 66.3 Å². The third kappa shape index (κ3) is 3.93. The van der Waals surface area contributed by atoms with E-state index in [0.29, 0.717) is 17.2 Å². The van der Waals surface area contributed by atoms with Crippen molar-refractivity contribution in [3.8, 4) is 22.8 Å². The largest absolute Gasteiger partial charge is 0.497 e. The zero-order valence-electron chi connectivity index (χ0n) is 14.6. The Hall–Kier alpha value is -3.32. The number of hydrogen-bond donors (Lipinski definition) is 1. The Bertz CT molecular complexity index is 1040. The molecule has 2 aromatic carbocycles. The van der Waals surface area contributed by atoms with E-state index in [1.165, 1.54) is 0 Å². The molecule has 136 valence electrons. The number of hydrogen-bond acceptors (Lipinski definition) is 5. The molecule has 0 aliphatic carbocycles. The Kier molecular flexibility index (Phi) is 4.76. The minimum atomic E-state index is -0.229. The van der Waals surface area contributed by atoms with E-state index in [9.17, 15) is 4.79 Å². The van der Waals surface area contributed by atoms with Crippen molar-refractivity contribution in [2.45, 2.75) is 0 Å². The van der Waals surface area contributed by atoms with Gasteiger partial charge in [0.1, 0.15) is 11.5 Å². The molecule has 0 fully saturated rings. The summed E-state index contributed by atoms with van der Waals surface area (Å²) in [4.78, 5) is 17.6. The average molecular weight is 379 g/mol. The molecule has 2 aromatic heterocycles. The second-order valence-corrected chi connectivity index (χ2v) is 6.69. The lowest BCUT2D eigenvalue weighted by atomic mass is 10.1. The van der Waals surface area contributed by atoms with Crippen LogP contribution in [-0.2, 0) is 4.79 Å². The number of nitrogens with zero attached hydrogens (tertiary/aromatic N) is 2. The van der Waals surface area contributed by atoms with Gasteiger partial charge in [-0.25, -0.2) is 4.98 Å². The highest BCUT2D eigenvalue weighted by molar-refractivity contribution is 7.15. The van der Waals surface area contributed by atoms with Crippen molar-refractivity contribution in [2.75, 3.05) is 19.0 Å². The second kappa shape index (κ2) is 7.51. The standard InChI is InChI=1S/C20H17N3O3S/c1-25-16-3-2-4-17(11-16)26-13-19(24)21-15-7-5-14(6-8-15)18-12-23-9-10-27-20(23)22-18/h2-12H,13H2,1H3,(H,21,24). The van der Waals surface area contributed by atoms with Crippen LogP contribution in [0.4, 0.5) is 5.69 Å². The molecule has 0 unspecified atom stereocenters. The minimum absolute atomic E-state index is 0.0771. The summed E-state index contributed by atoms with van der Waals surface area (Å²) < 4.78 is 12.6. The summed E-state index contributed by atoms with van der Waals surface area (Å²) >= 11 is 1.59. The van der Waals surface area contributed by atoms with Gasteiger partial charge >= 0.3 is 0 Å². The van der Waals surface area contributed by atoms with Crippen LogP contribution < -0.4 is 14.8 Å². The molecule has 0 radical (unpaired) electrons. The lowest BCUT2D eigenvalue weighted by molar-refractivity contribution is -0.118. The molecule has 1 amide bonds. The van der Waals surface area contributed by atoms with E-state index in [4.69, 9.17) is 9.47 Å². The van der Waals surface area contributed by atoms with Crippen molar-refractivity contribution in [3.63, 3.8) is 0 Å². The Morgan fingerprint density at radius 2 is 2.00 bits per heavy atom. The molecule has 1 N–H and O–H groups in total. The molecule has 4 rings (SSSR count). The molecule has 0 bridgehead atoms. The Balaban J connectivity index is 1.36. The van der Waals surface area contributed by atoms with Crippen LogP contribution in [0.3, 0.4) is 0 Å². The van der Waals surface area contributed by atoms with E-state index in [2.05, 4.69) is 10.3 Å². The monoisotopic (exact) mass is 379 g/mol. The number of carbonyl (C=O) groups is 1. The first kappa shape index (κ1) is 17.1. The van der Waals surface area contributed by atoms with Crippen molar-refractivity contribution in [1.82, 2.24) is 9.38 Å². The molecule has 0 aliphatic rings. The van der Waals surface area contributed by atoms with Crippen molar-refractivity contribution >= 4 is 27.9 Å². The van der Waals surface area contributed by atoms with Gasteiger partial charge in [-0.05, 0) is 24.3 Å². The molecule has 6 nitrogen and oxygen atoms in total. The van der Waals surface area contributed by atoms with E-state index in [1.807, 2.05) is 58.6 Å². The number of thiazole rings is 1. The van der Waals surface area contributed by atoms with Gasteiger partial charge in [-0.1, -0.05) is 18.2 Å². The molecular weight excluding hydrogens is 362 g/mol. The van der Waals surface area contributed by atoms with Crippen molar-refractivity contribution in [3.05, 3.63) is 66.3 Å². The molecule has 4 aromatic rings. The van der Waals surface area contributed by atoms with Gasteiger partial charge in [-0.15, -0.1) is 11.3 Å². The zero-order valence-corrected chi connectivity index (χ0v) is 15.4. The Morgan fingerprint density at radius 1 is 1.19 bits per heavy atom. The van der Waals surface area contributed by atoms with E-state index in [0.717, 1.165) is 16.2 Å². The number of ether oxygens (including phenoxy) is 2. The van der Waals surface area contributed by atoms with Gasteiger partial charge in [0, 0.05) is 35.1 Å². The zero-order chi connectivity index (χ0) is 18.6. The van der Waals surface area contributed by atoms with Gasteiger partial charge in [0.25, 0.3) is 5.91 Å². The average Bonchev–Trinajstić information content (AvgIpc) is 3.29. The van der Waals surface area contributed by atoms with Crippen molar-refractivity contribution < 1.29 is 14.3 Å². The normalized spacial score (nSPS) is 10.7. The van der Waals surface area contributed by atoms with Crippen LogP contribution in [0.5, 0.6) is 11.5 Å². The number of fused-ring (bicyclic) bond motifs is 1. The lowest BCUT2D eigenvalue weighted by Gasteiger charge is -2.09. The minimum Gasteiger partial charge on any atom is -0.497 e. The van der Waals surface area contributed by atoms with Crippen LogP contribution in [0.1, 0.15) is 0 Å². The summed E-state index contributed by atoms with van der Waals surface area (Å²) in [7, 11) is 1.59. The van der Waals surface area contributed by atoms with Gasteiger partial charge in [0.15, 0.2) is 11.6 Å². The molecule has 7 heteroatoms. The fourth-order valence-electron chi connectivity index (χ4n) is 2.63. The van der Waals surface area contributed by atoms with E-state index in [-0.39, 0.29) is 12.5 Å². The first-order valence-electron chi connectivity index (χ1n) is 8.30. The van der Waals surface area contributed by atoms with Gasteiger partial charge in [0.05, 0.1) is 12.8 Å². The summed E-state index contributed by atoms with van der Waals surface area (Å²) in [6, 6.07) is 14.7. The van der Waals surface area contributed by atoms with Crippen molar-refractivity contribution in [1.29, 1.82) is 0 Å². The second-order valence-electron chi connectivity index (χ2n) is 5.81. The summed E-state index contributed by atoms with van der Waals surface area (Å²) in [6.45, 7) is -0.0771. The number of rotatable bonds is 6. The van der Waals surface area contributed by atoms with Gasteiger partial charge in [0.2, 0.25) is 0 Å². The van der Waals surface area contributed by atoms with Gasteiger partial charge in [-0.2, -0.15) is 0 Å². The van der Waals surface area contributed by atoms with Crippen LogP contribution in [-0.4, -0.2) is 29.0 Å². The fraction of sp³-hybridized carbons (Fsp3) is 0.100. The predicted molar refractivity (Wildman–Crippen MR) is 106 cm³/mol. The van der Waals surface area contributed by atoms with E-state index >= 15 is 0 Å².